The predicted octanol–water partition coefficient (Wildman–Crippen LogP) is 3.76. The SMILES string of the molecule is O=C1CCCN1CCCNc1nc(NCc2cccnc2)nc2c1ncn2C1CCCCC1. The summed E-state index contributed by atoms with van der Waals surface area (Å²) in [6.07, 6.45) is 14.2. The van der Waals surface area contributed by atoms with Crippen LogP contribution in [0, 0.1) is 0 Å². The molecular formula is C24H32N8O. The Kier molecular flexibility index (Phi) is 6.64. The maximum atomic E-state index is 11.9. The Labute approximate surface area is 194 Å². The van der Waals surface area contributed by atoms with Crippen LogP contribution in [-0.2, 0) is 11.3 Å². The highest BCUT2D eigenvalue weighted by atomic mass is 16.2. The van der Waals surface area contributed by atoms with Crippen LogP contribution >= 0.6 is 0 Å². The summed E-state index contributed by atoms with van der Waals surface area (Å²) in [5.74, 6) is 1.60. The molecule has 2 aliphatic rings. The summed E-state index contributed by atoms with van der Waals surface area (Å²) in [6, 6.07) is 4.40. The third kappa shape index (κ3) is 5.07. The van der Waals surface area contributed by atoms with Crippen molar-refractivity contribution in [3.8, 4) is 0 Å². The highest BCUT2D eigenvalue weighted by Gasteiger charge is 2.22. The fourth-order valence-corrected chi connectivity index (χ4v) is 4.85. The van der Waals surface area contributed by atoms with Crippen molar-refractivity contribution in [1.29, 1.82) is 0 Å². The van der Waals surface area contributed by atoms with Crippen molar-refractivity contribution in [3.05, 3.63) is 36.4 Å². The minimum Gasteiger partial charge on any atom is -0.368 e. The molecule has 2 fully saturated rings. The zero-order valence-corrected chi connectivity index (χ0v) is 19.0. The molecule has 5 rings (SSSR count). The van der Waals surface area contributed by atoms with Gasteiger partial charge in [-0.2, -0.15) is 9.97 Å². The van der Waals surface area contributed by atoms with Gasteiger partial charge in [0.1, 0.15) is 0 Å². The fraction of sp³-hybridized carbons (Fsp3) is 0.542. The molecule has 0 spiro atoms. The van der Waals surface area contributed by atoms with Crippen molar-refractivity contribution in [2.45, 2.75) is 64.0 Å². The second-order valence-corrected chi connectivity index (χ2v) is 8.99. The van der Waals surface area contributed by atoms with Gasteiger partial charge < -0.3 is 20.1 Å². The highest BCUT2D eigenvalue weighted by molar-refractivity contribution is 5.84. The molecule has 9 nitrogen and oxygen atoms in total. The van der Waals surface area contributed by atoms with Crippen LogP contribution < -0.4 is 10.6 Å². The number of aromatic nitrogens is 5. The van der Waals surface area contributed by atoms with Gasteiger partial charge >= 0.3 is 0 Å². The van der Waals surface area contributed by atoms with Gasteiger partial charge in [0.05, 0.1) is 6.33 Å². The number of nitrogens with one attached hydrogen (secondary N) is 2. The Morgan fingerprint density at radius 3 is 2.79 bits per heavy atom. The topological polar surface area (TPSA) is 101 Å². The number of fused-ring (bicyclic) bond motifs is 1. The molecule has 0 atom stereocenters. The number of carbonyl (C=O) groups excluding carboxylic acids is 1. The molecule has 9 heteroatoms. The van der Waals surface area contributed by atoms with E-state index in [9.17, 15) is 4.79 Å². The van der Waals surface area contributed by atoms with E-state index < -0.39 is 0 Å². The normalized spacial score (nSPS) is 17.1. The Bertz CT molecular complexity index is 1080. The minimum atomic E-state index is 0.271. The highest BCUT2D eigenvalue weighted by Crippen LogP contribution is 2.32. The third-order valence-electron chi connectivity index (χ3n) is 6.63. The third-order valence-corrected chi connectivity index (χ3v) is 6.63. The lowest BCUT2D eigenvalue weighted by atomic mass is 9.95. The number of pyridine rings is 1. The lowest BCUT2D eigenvalue weighted by Crippen LogP contribution is -2.27. The van der Waals surface area contributed by atoms with Gasteiger partial charge in [-0.3, -0.25) is 9.78 Å². The van der Waals surface area contributed by atoms with E-state index >= 15 is 0 Å². The van der Waals surface area contributed by atoms with Crippen LogP contribution in [0.25, 0.3) is 11.2 Å². The number of carbonyl (C=O) groups is 1. The number of imidazole rings is 1. The van der Waals surface area contributed by atoms with Gasteiger partial charge in [0.2, 0.25) is 11.9 Å². The molecule has 0 unspecified atom stereocenters. The van der Waals surface area contributed by atoms with E-state index in [1.54, 1.807) is 6.20 Å². The van der Waals surface area contributed by atoms with Gasteiger partial charge in [-0.25, -0.2) is 4.98 Å². The molecule has 33 heavy (non-hydrogen) atoms. The van der Waals surface area contributed by atoms with E-state index in [0.29, 0.717) is 25.0 Å². The first-order valence-electron chi connectivity index (χ1n) is 12.2. The molecule has 1 amide bonds. The first-order valence-corrected chi connectivity index (χ1v) is 12.2. The monoisotopic (exact) mass is 448 g/mol. The van der Waals surface area contributed by atoms with Crippen LogP contribution in [0.15, 0.2) is 30.9 Å². The zero-order valence-electron chi connectivity index (χ0n) is 19.0. The van der Waals surface area contributed by atoms with Crippen molar-refractivity contribution in [1.82, 2.24) is 29.4 Å². The molecule has 0 bridgehead atoms. The van der Waals surface area contributed by atoms with Crippen molar-refractivity contribution < 1.29 is 4.79 Å². The van der Waals surface area contributed by atoms with Crippen molar-refractivity contribution in [2.24, 2.45) is 0 Å². The number of hydrogen-bond donors (Lipinski definition) is 2. The van der Waals surface area contributed by atoms with Crippen molar-refractivity contribution in [3.63, 3.8) is 0 Å². The van der Waals surface area contributed by atoms with Crippen molar-refractivity contribution >= 4 is 28.8 Å². The van der Waals surface area contributed by atoms with Crippen molar-refractivity contribution in [2.75, 3.05) is 30.3 Å². The number of amides is 1. The van der Waals surface area contributed by atoms with Crippen LogP contribution in [0.3, 0.4) is 0 Å². The molecule has 2 N–H and O–H groups in total. The lowest BCUT2D eigenvalue weighted by Gasteiger charge is -2.23. The Balaban J connectivity index is 1.34. The average molecular weight is 449 g/mol. The van der Waals surface area contributed by atoms with Crippen LogP contribution in [0.1, 0.15) is 63.0 Å². The largest absolute Gasteiger partial charge is 0.368 e. The maximum absolute atomic E-state index is 11.9. The van der Waals surface area contributed by atoms with Gasteiger partial charge in [-0.05, 0) is 37.3 Å². The second kappa shape index (κ2) is 10.1. The molecule has 0 radical (unpaired) electrons. The van der Waals surface area contributed by atoms with Crippen LogP contribution in [-0.4, -0.2) is 54.9 Å². The minimum absolute atomic E-state index is 0.271. The van der Waals surface area contributed by atoms with Gasteiger partial charge in [0, 0.05) is 51.0 Å². The molecule has 1 saturated heterocycles. The molecule has 1 saturated carbocycles. The Hall–Kier alpha value is -3.23. The van der Waals surface area contributed by atoms with Crippen LogP contribution in [0.2, 0.25) is 0 Å². The summed E-state index contributed by atoms with van der Waals surface area (Å²) in [7, 11) is 0. The molecule has 3 aromatic heterocycles. The van der Waals surface area contributed by atoms with E-state index in [2.05, 4.69) is 20.2 Å². The zero-order chi connectivity index (χ0) is 22.5. The molecule has 1 aliphatic carbocycles. The van der Waals surface area contributed by atoms with E-state index in [-0.39, 0.29) is 5.91 Å². The number of anilines is 2. The van der Waals surface area contributed by atoms with Gasteiger partial charge in [0.25, 0.3) is 0 Å². The first kappa shape index (κ1) is 21.6. The maximum Gasteiger partial charge on any atom is 0.227 e. The number of nitrogens with zero attached hydrogens (tertiary/aromatic N) is 6. The summed E-state index contributed by atoms with van der Waals surface area (Å²) in [4.78, 5) is 32.3. The van der Waals surface area contributed by atoms with E-state index in [0.717, 1.165) is 55.0 Å². The lowest BCUT2D eigenvalue weighted by molar-refractivity contribution is -0.127. The number of likely N-dealkylation sites (tertiary alicyclic amines) is 1. The number of hydrogen-bond acceptors (Lipinski definition) is 7. The first-order chi connectivity index (χ1) is 16.3. The molecular weight excluding hydrogens is 416 g/mol. The van der Waals surface area contributed by atoms with Gasteiger partial charge in [-0.15, -0.1) is 0 Å². The van der Waals surface area contributed by atoms with Gasteiger partial charge in [-0.1, -0.05) is 25.3 Å². The molecule has 1 aliphatic heterocycles. The number of rotatable bonds is 9. The molecule has 3 aromatic rings. The molecule has 0 aromatic carbocycles. The van der Waals surface area contributed by atoms with E-state index in [1.807, 2.05) is 29.6 Å². The Morgan fingerprint density at radius 2 is 2.00 bits per heavy atom. The summed E-state index contributed by atoms with van der Waals surface area (Å²) < 4.78 is 2.24. The summed E-state index contributed by atoms with van der Waals surface area (Å²) in [6.45, 7) is 3.00. The smallest absolute Gasteiger partial charge is 0.227 e. The summed E-state index contributed by atoms with van der Waals surface area (Å²) in [5.41, 5.74) is 2.76. The molecule has 174 valence electrons. The van der Waals surface area contributed by atoms with Crippen LogP contribution in [0.5, 0.6) is 0 Å². The quantitative estimate of drug-likeness (QED) is 0.481. The summed E-state index contributed by atoms with van der Waals surface area (Å²) >= 11 is 0. The second-order valence-electron chi connectivity index (χ2n) is 8.99. The average Bonchev–Trinajstić information content (AvgIpc) is 3.47. The summed E-state index contributed by atoms with van der Waals surface area (Å²) in [5, 5.41) is 6.82. The van der Waals surface area contributed by atoms with Crippen LogP contribution in [0.4, 0.5) is 11.8 Å². The standard InChI is InChI=1S/C24H32N8O/c33-20-10-5-13-31(20)14-6-12-26-22-21-23(32(17-28-21)19-8-2-1-3-9-19)30-24(29-22)27-16-18-7-4-11-25-15-18/h4,7,11,15,17,19H,1-3,5-6,8-10,12-14,16H2,(H2,26,27,29,30). The fourth-order valence-electron chi connectivity index (χ4n) is 4.85. The molecule has 4 heterocycles. The van der Waals surface area contributed by atoms with Gasteiger partial charge in [0.15, 0.2) is 17.0 Å². The van der Waals surface area contributed by atoms with E-state index in [4.69, 9.17) is 15.0 Å². The Morgan fingerprint density at radius 1 is 1.09 bits per heavy atom. The van der Waals surface area contributed by atoms with E-state index in [1.165, 1.54) is 32.1 Å². The predicted molar refractivity (Wildman–Crippen MR) is 128 cm³/mol.